The Bertz CT molecular complexity index is 389. The third-order valence-corrected chi connectivity index (χ3v) is 4.12. The molecule has 108 valence electrons. The normalized spacial score (nSPS) is 14.7. The third-order valence-electron chi connectivity index (χ3n) is 4.12. The van der Waals surface area contributed by atoms with Crippen molar-refractivity contribution in [1.82, 2.24) is 4.90 Å². The molecule has 2 unspecified atom stereocenters. The summed E-state index contributed by atoms with van der Waals surface area (Å²) in [6.45, 7) is 12.9. The minimum Gasteiger partial charge on any atom is -0.329 e. The first-order valence-electron chi connectivity index (χ1n) is 7.38. The van der Waals surface area contributed by atoms with Crippen molar-refractivity contribution in [3.8, 4) is 0 Å². The Kier molecular flexibility index (Phi) is 6.02. The van der Waals surface area contributed by atoms with E-state index in [4.69, 9.17) is 5.73 Å². The third kappa shape index (κ3) is 4.05. The fraction of sp³-hybridized carbons (Fsp3) is 0.647. The maximum Gasteiger partial charge on any atom is 0.0472 e. The second kappa shape index (κ2) is 7.06. The van der Waals surface area contributed by atoms with Gasteiger partial charge in [0.15, 0.2) is 0 Å². The first kappa shape index (κ1) is 16.2. The molecule has 0 radical (unpaired) electrons. The molecule has 0 fully saturated rings. The van der Waals surface area contributed by atoms with Crippen LogP contribution >= 0.6 is 0 Å². The average Bonchev–Trinajstić information content (AvgIpc) is 2.32. The van der Waals surface area contributed by atoms with Crippen molar-refractivity contribution in [3.05, 3.63) is 34.4 Å². The first-order chi connectivity index (χ1) is 8.90. The van der Waals surface area contributed by atoms with Crippen molar-refractivity contribution in [2.24, 2.45) is 11.7 Å². The molecule has 2 heteroatoms. The van der Waals surface area contributed by atoms with Crippen molar-refractivity contribution in [2.45, 2.75) is 47.1 Å². The molecule has 1 aromatic carbocycles. The fourth-order valence-corrected chi connectivity index (χ4v) is 2.98. The summed E-state index contributed by atoms with van der Waals surface area (Å²) in [7, 11) is 2.20. The van der Waals surface area contributed by atoms with E-state index in [-0.39, 0.29) is 0 Å². The van der Waals surface area contributed by atoms with Crippen LogP contribution < -0.4 is 5.73 Å². The SMILES string of the molecule is CCC(C)CN(C)C(CN)c1c(C)cc(C)cc1C. The van der Waals surface area contributed by atoms with Gasteiger partial charge in [0.2, 0.25) is 0 Å². The number of hydrogen-bond donors (Lipinski definition) is 1. The van der Waals surface area contributed by atoms with Gasteiger partial charge in [0.05, 0.1) is 0 Å². The van der Waals surface area contributed by atoms with Crippen LogP contribution in [-0.4, -0.2) is 25.0 Å². The van der Waals surface area contributed by atoms with E-state index in [0.29, 0.717) is 18.5 Å². The quantitative estimate of drug-likeness (QED) is 0.849. The first-order valence-corrected chi connectivity index (χ1v) is 7.38. The number of benzene rings is 1. The van der Waals surface area contributed by atoms with E-state index in [9.17, 15) is 0 Å². The second-order valence-corrected chi connectivity index (χ2v) is 6.02. The molecule has 0 saturated heterocycles. The largest absolute Gasteiger partial charge is 0.329 e. The molecular formula is C17H30N2. The van der Waals surface area contributed by atoms with Crippen LogP contribution in [0.1, 0.15) is 48.6 Å². The fourth-order valence-electron chi connectivity index (χ4n) is 2.98. The highest BCUT2D eigenvalue weighted by atomic mass is 15.1. The molecule has 0 spiro atoms. The maximum absolute atomic E-state index is 6.06. The monoisotopic (exact) mass is 262 g/mol. The van der Waals surface area contributed by atoms with Gasteiger partial charge in [-0.25, -0.2) is 0 Å². The van der Waals surface area contributed by atoms with Gasteiger partial charge in [-0.2, -0.15) is 0 Å². The molecule has 0 aliphatic carbocycles. The Balaban J connectivity index is 3.03. The molecule has 0 amide bonds. The Morgan fingerprint density at radius 2 is 1.68 bits per heavy atom. The second-order valence-electron chi connectivity index (χ2n) is 6.02. The van der Waals surface area contributed by atoms with E-state index in [1.54, 1.807) is 0 Å². The Labute approximate surface area is 119 Å². The van der Waals surface area contributed by atoms with Crippen molar-refractivity contribution in [2.75, 3.05) is 20.1 Å². The lowest BCUT2D eigenvalue weighted by atomic mass is 9.92. The van der Waals surface area contributed by atoms with Crippen LogP contribution in [0.3, 0.4) is 0 Å². The molecule has 0 aliphatic rings. The Morgan fingerprint density at radius 3 is 2.11 bits per heavy atom. The standard InChI is InChI=1S/C17H30N2/c1-7-12(2)11-19(6)16(10-18)17-14(4)8-13(3)9-15(17)5/h8-9,12,16H,7,10-11,18H2,1-6H3. The lowest BCUT2D eigenvalue weighted by Crippen LogP contribution is -2.34. The van der Waals surface area contributed by atoms with Crippen molar-refractivity contribution >= 4 is 0 Å². The molecule has 0 heterocycles. The zero-order valence-electron chi connectivity index (χ0n) is 13.5. The molecule has 0 aliphatic heterocycles. The number of rotatable bonds is 6. The Morgan fingerprint density at radius 1 is 1.16 bits per heavy atom. The van der Waals surface area contributed by atoms with Gasteiger partial charge in [-0.1, -0.05) is 38.0 Å². The van der Waals surface area contributed by atoms with E-state index in [1.165, 1.54) is 28.7 Å². The van der Waals surface area contributed by atoms with Crippen molar-refractivity contribution < 1.29 is 0 Å². The summed E-state index contributed by atoms with van der Waals surface area (Å²) in [6, 6.07) is 4.86. The highest BCUT2D eigenvalue weighted by Gasteiger charge is 2.20. The number of aryl methyl sites for hydroxylation is 3. The lowest BCUT2D eigenvalue weighted by molar-refractivity contribution is 0.214. The molecule has 0 bridgehead atoms. The molecule has 0 aromatic heterocycles. The molecule has 1 rings (SSSR count). The van der Waals surface area contributed by atoms with Crippen LogP contribution in [0, 0.1) is 26.7 Å². The van der Waals surface area contributed by atoms with Gasteiger partial charge in [0.1, 0.15) is 0 Å². The number of likely N-dealkylation sites (N-methyl/N-ethyl adjacent to an activating group) is 1. The van der Waals surface area contributed by atoms with Crippen molar-refractivity contribution in [3.63, 3.8) is 0 Å². The summed E-state index contributed by atoms with van der Waals surface area (Å²) in [5.74, 6) is 0.713. The summed E-state index contributed by atoms with van der Waals surface area (Å²) in [6.07, 6.45) is 1.22. The van der Waals surface area contributed by atoms with E-state index in [0.717, 1.165) is 6.54 Å². The number of nitrogens with two attached hydrogens (primary N) is 1. The molecule has 0 saturated carbocycles. The zero-order chi connectivity index (χ0) is 14.6. The molecular weight excluding hydrogens is 232 g/mol. The van der Waals surface area contributed by atoms with Gasteiger partial charge in [-0.05, 0) is 50.4 Å². The van der Waals surface area contributed by atoms with Crippen LogP contribution in [0.25, 0.3) is 0 Å². The Hall–Kier alpha value is -0.860. The molecule has 19 heavy (non-hydrogen) atoms. The van der Waals surface area contributed by atoms with Crippen LogP contribution in [0.2, 0.25) is 0 Å². The average molecular weight is 262 g/mol. The van der Waals surface area contributed by atoms with Gasteiger partial charge in [-0.15, -0.1) is 0 Å². The van der Waals surface area contributed by atoms with Crippen LogP contribution in [0.5, 0.6) is 0 Å². The summed E-state index contributed by atoms with van der Waals surface area (Å²) in [5, 5.41) is 0. The van der Waals surface area contributed by atoms with E-state index in [1.807, 2.05) is 0 Å². The summed E-state index contributed by atoms with van der Waals surface area (Å²) >= 11 is 0. The minimum absolute atomic E-state index is 0.328. The van der Waals surface area contributed by atoms with Gasteiger partial charge < -0.3 is 5.73 Å². The van der Waals surface area contributed by atoms with Crippen molar-refractivity contribution in [1.29, 1.82) is 0 Å². The van der Waals surface area contributed by atoms with Crippen LogP contribution in [-0.2, 0) is 0 Å². The lowest BCUT2D eigenvalue weighted by Gasteiger charge is -2.31. The van der Waals surface area contributed by atoms with Gasteiger partial charge in [0.25, 0.3) is 0 Å². The van der Waals surface area contributed by atoms with Gasteiger partial charge in [0, 0.05) is 19.1 Å². The summed E-state index contributed by atoms with van der Waals surface area (Å²) in [5.41, 5.74) is 11.5. The predicted octanol–water partition coefficient (Wildman–Crippen LogP) is 3.59. The summed E-state index contributed by atoms with van der Waals surface area (Å²) < 4.78 is 0. The topological polar surface area (TPSA) is 29.3 Å². The predicted molar refractivity (Wildman–Crippen MR) is 84.5 cm³/mol. The summed E-state index contributed by atoms with van der Waals surface area (Å²) in [4.78, 5) is 2.42. The van der Waals surface area contributed by atoms with Gasteiger partial charge >= 0.3 is 0 Å². The highest BCUT2D eigenvalue weighted by molar-refractivity contribution is 5.39. The van der Waals surface area contributed by atoms with Gasteiger partial charge in [-0.3, -0.25) is 4.90 Å². The number of hydrogen-bond acceptors (Lipinski definition) is 2. The smallest absolute Gasteiger partial charge is 0.0472 e. The molecule has 2 N–H and O–H groups in total. The van der Waals surface area contributed by atoms with Crippen LogP contribution in [0.4, 0.5) is 0 Å². The maximum atomic E-state index is 6.06. The molecule has 2 atom stereocenters. The van der Waals surface area contributed by atoms with E-state index < -0.39 is 0 Å². The van der Waals surface area contributed by atoms with E-state index in [2.05, 4.69) is 58.7 Å². The highest BCUT2D eigenvalue weighted by Crippen LogP contribution is 2.27. The molecule has 2 nitrogen and oxygen atoms in total. The zero-order valence-corrected chi connectivity index (χ0v) is 13.5. The van der Waals surface area contributed by atoms with Crippen LogP contribution in [0.15, 0.2) is 12.1 Å². The minimum atomic E-state index is 0.328. The van der Waals surface area contributed by atoms with E-state index >= 15 is 0 Å². The number of nitrogens with zero attached hydrogens (tertiary/aromatic N) is 1. The molecule has 1 aromatic rings.